The predicted molar refractivity (Wildman–Crippen MR) is 110 cm³/mol. The van der Waals surface area contributed by atoms with E-state index in [-0.39, 0.29) is 5.91 Å². The number of hydrogen-bond donors (Lipinski definition) is 0. The van der Waals surface area contributed by atoms with E-state index in [4.69, 9.17) is 4.98 Å². The number of fused-ring (bicyclic) bond motifs is 1. The van der Waals surface area contributed by atoms with E-state index in [1.54, 1.807) is 11.3 Å². The number of aryl methyl sites for hydroxylation is 1. The van der Waals surface area contributed by atoms with Crippen molar-refractivity contribution >= 4 is 28.0 Å². The Morgan fingerprint density at radius 1 is 1.15 bits per heavy atom. The van der Waals surface area contributed by atoms with E-state index in [1.807, 2.05) is 18.9 Å². The molecule has 0 radical (unpaired) electrons. The minimum atomic E-state index is 0.182. The molecule has 3 nitrogen and oxygen atoms in total. The summed E-state index contributed by atoms with van der Waals surface area (Å²) in [6.07, 6.45) is 3.43. The molecule has 1 amide bonds. The highest BCUT2D eigenvalue weighted by atomic mass is 32.1. The molecular weight excluding hydrogens is 340 g/mol. The Labute approximate surface area is 159 Å². The van der Waals surface area contributed by atoms with Gasteiger partial charge in [-0.3, -0.25) is 4.79 Å². The van der Waals surface area contributed by atoms with Crippen molar-refractivity contribution in [2.24, 2.45) is 0 Å². The number of thiazole rings is 1. The van der Waals surface area contributed by atoms with Crippen molar-refractivity contribution in [2.75, 3.05) is 13.6 Å². The van der Waals surface area contributed by atoms with Crippen molar-refractivity contribution in [2.45, 2.75) is 39.5 Å². The number of hydrogen-bond acceptors (Lipinski definition) is 3. The van der Waals surface area contributed by atoms with E-state index in [1.165, 1.54) is 16.3 Å². The van der Waals surface area contributed by atoms with Gasteiger partial charge in [0.1, 0.15) is 0 Å². The Morgan fingerprint density at radius 3 is 2.73 bits per heavy atom. The van der Waals surface area contributed by atoms with Crippen LogP contribution in [0.3, 0.4) is 0 Å². The van der Waals surface area contributed by atoms with Gasteiger partial charge in [0.05, 0.1) is 17.1 Å². The number of carbonyl (C=O) groups is 1. The quantitative estimate of drug-likeness (QED) is 0.590. The highest BCUT2D eigenvalue weighted by Crippen LogP contribution is 2.25. The number of carbonyl (C=O) groups excluding carboxylic acids is 1. The lowest BCUT2D eigenvalue weighted by Crippen LogP contribution is -2.29. The first-order chi connectivity index (χ1) is 12.6. The van der Waals surface area contributed by atoms with Gasteiger partial charge in [0.15, 0.2) is 0 Å². The van der Waals surface area contributed by atoms with Crippen LogP contribution in [-0.4, -0.2) is 29.4 Å². The molecule has 1 aromatic heterocycles. The van der Waals surface area contributed by atoms with Crippen molar-refractivity contribution < 1.29 is 4.79 Å². The van der Waals surface area contributed by atoms with Gasteiger partial charge in [-0.2, -0.15) is 0 Å². The molecule has 0 aliphatic carbocycles. The van der Waals surface area contributed by atoms with E-state index in [9.17, 15) is 4.79 Å². The molecule has 0 atom stereocenters. The summed E-state index contributed by atoms with van der Waals surface area (Å²) in [4.78, 5) is 20.1. The average Bonchev–Trinajstić information content (AvgIpc) is 2.99. The van der Waals surface area contributed by atoms with Gasteiger partial charge in [-0.05, 0) is 29.7 Å². The summed E-state index contributed by atoms with van der Waals surface area (Å²) in [5.41, 5.74) is 2.28. The lowest BCUT2D eigenvalue weighted by atomic mass is 10.0. The molecule has 0 spiro atoms. The molecule has 0 aliphatic heterocycles. The van der Waals surface area contributed by atoms with Crippen LogP contribution in [0.5, 0.6) is 0 Å². The molecule has 0 aliphatic rings. The largest absolute Gasteiger partial charge is 0.345 e. The molecule has 26 heavy (non-hydrogen) atoms. The zero-order valence-corrected chi connectivity index (χ0v) is 16.6. The van der Waals surface area contributed by atoms with Gasteiger partial charge in [0.2, 0.25) is 5.91 Å². The van der Waals surface area contributed by atoms with Crippen LogP contribution >= 0.6 is 11.3 Å². The first kappa shape index (κ1) is 18.6. The zero-order chi connectivity index (χ0) is 18.5. The molecule has 3 aromatic rings. The Bertz CT molecular complexity index is 895. The maximum absolute atomic E-state index is 12.4. The molecule has 1 heterocycles. The highest BCUT2D eigenvalue weighted by molar-refractivity contribution is 7.11. The molecule has 0 unspecified atom stereocenters. The number of amides is 1. The number of nitrogens with zero attached hydrogens (tertiary/aromatic N) is 2. The van der Waals surface area contributed by atoms with E-state index >= 15 is 0 Å². The summed E-state index contributed by atoms with van der Waals surface area (Å²) < 4.78 is 0. The average molecular weight is 367 g/mol. The summed E-state index contributed by atoms with van der Waals surface area (Å²) in [6.45, 7) is 4.99. The normalized spacial score (nSPS) is 11.0. The van der Waals surface area contributed by atoms with Crippen molar-refractivity contribution in [1.29, 1.82) is 0 Å². The fourth-order valence-electron chi connectivity index (χ4n) is 3.13. The minimum Gasteiger partial charge on any atom is -0.345 e. The van der Waals surface area contributed by atoms with Crippen molar-refractivity contribution in [3.8, 4) is 0 Å². The monoisotopic (exact) mass is 366 g/mol. The first-order valence-corrected chi connectivity index (χ1v) is 10.1. The molecule has 0 saturated heterocycles. The number of aromatic nitrogens is 1. The first-order valence-electron chi connectivity index (χ1n) is 9.24. The maximum atomic E-state index is 12.4. The van der Waals surface area contributed by atoms with Crippen molar-refractivity contribution in [3.63, 3.8) is 0 Å². The molecule has 136 valence electrons. The summed E-state index contributed by atoms with van der Waals surface area (Å²) in [5.74, 6) is 0.182. The maximum Gasteiger partial charge on any atom is 0.227 e. The molecule has 3 rings (SSSR count). The molecule has 0 bridgehead atoms. The summed E-state index contributed by atoms with van der Waals surface area (Å²) in [6, 6.07) is 14.9. The van der Waals surface area contributed by atoms with Crippen LogP contribution in [0.2, 0.25) is 0 Å². The number of likely N-dealkylation sites (N-methyl/N-ethyl adjacent to an activating group) is 1. The van der Waals surface area contributed by atoms with Gasteiger partial charge in [-0.1, -0.05) is 55.8 Å². The molecule has 4 heteroatoms. The van der Waals surface area contributed by atoms with Crippen LogP contribution in [0, 0.1) is 6.92 Å². The number of unbranched alkanes of at least 4 members (excludes halogenated alkanes) is 1. The molecule has 0 N–H and O–H groups in total. The fourth-order valence-corrected chi connectivity index (χ4v) is 4.21. The van der Waals surface area contributed by atoms with Crippen LogP contribution in [0.15, 0.2) is 42.5 Å². The van der Waals surface area contributed by atoms with Gasteiger partial charge in [-0.15, -0.1) is 11.3 Å². The molecule has 0 saturated carbocycles. The standard InChI is InChI=1S/C22H26N2OS/c1-4-5-13-24(3)22(25)15-20-16(2)23-21(26-20)14-18-11-8-10-17-9-6-7-12-19(17)18/h6-12H,4-5,13-15H2,1-3H3. The lowest BCUT2D eigenvalue weighted by Gasteiger charge is -2.16. The van der Waals surface area contributed by atoms with Gasteiger partial charge in [0.25, 0.3) is 0 Å². The van der Waals surface area contributed by atoms with Crippen LogP contribution in [0.4, 0.5) is 0 Å². The number of benzene rings is 2. The SMILES string of the molecule is CCCCN(C)C(=O)Cc1sc(Cc2cccc3ccccc23)nc1C. The van der Waals surface area contributed by atoms with Crippen LogP contribution in [0.25, 0.3) is 10.8 Å². The van der Waals surface area contributed by atoms with Crippen LogP contribution < -0.4 is 0 Å². The second-order valence-corrected chi connectivity index (χ2v) is 7.95. The minimum absolute atomic E-state index is 0.182. The second-order valence-electron chi connectivity index (χ2n) is 6.78. The summed E-state index contributed by atoms with van der Waals surface area (Å²) in [7, 11) is 1.89. The smallest absolute Gasteiger partial charge is 0.227 e. The highest BCUT2D eigenvalue weighted by Gasteiger charge is 2.15. The van der Waals surface area contributed by atoms with Crippen molar-refractivity contribution in [3.05, 3.63) is 63.6 Å². The Hall–Kier alpha value is -2.20. The van der Waals surface area contributed by atoms with Crippen LogP contribution in [0.1, 0.15) is 40.9 Å². The Kier molecular flexibility index (Phi) is 6.04. The van der Waals surface area contributed by atoms with Crippen molar-refractivity contribution in [1.82, 2.24) is 9.88 Å². The molecule has 0 fully saturated rings. The second kappa shape index (κ2) is 8.45. The fraction of sp³-hybridized carbons (Fsp3) is 0.364. The Balaban J connectivity index is 1.75. The lowest BCUT2D eigenvalue weighted by molar-refractivity contribution is -0.129. The zero-order valence-electron chi connectivity index (χ0n) is 15.8. The predicted octanol–water partition coefficient (Wildman–Crippen LogP) is 5.00. The third-order valence-electron chi connectivity index (χ3n) is 4.74. The summed E-state index contributed by atoms with van der Waals surface area (Å²) >= 11 is 1.67. The van der Waals surface area contributed by atoms with Gasteiger partial charge in [-0.25, -0.2) is 4.98 Å². The third kappa shape index (κ3) is 4.31. The van der Waals surface area contributed by atoms with Gasteiger partial charge < -0.3 is 4.90 Å². The van der Waals surface area contributed by atoms with Gasteiger partial charge in [0, 0.05) is 24.9 Å². The van der Waals surface area contributed by atoms with E-state index in [0.717, 1.165) is 41.4 Å². The summed E-state index contributed by atoms with van der Waals surface area (Å²) in [5, 5.41) is 3.61. The van der Waals surface area contributed by atoms with Gasteiger partial charge >= 0.3 is 0 Å². The third-order valence-corrected chi connectivity index (χ3v) is 5.90. The Morgan fingerprint density at radius 2 is 1.92 bits per heavy atom. The van der Waals surface area contributed by atoms with Crippen LogP contribution in [-0.2, 0) is 17.6 Å². The topological polar surface area (TPSA) is 33.2 Å². The number of rotatable bonds is 7. The molecular formula is C22H26N2OS. The van der Waals surface area contributed by atoms with E-state index in [0.29, 0.717) is 6.42 Å². The molecule has 2 aromatic carbocycles. The van der Waals surface area contributed by atoms with E-state index in [2.05, 4.69) is 49.4 Å². The van der Waals surface area contributed by atoms with E-state index < -0.39 is 0 Å².